The normalized spacial score (nSPS) is 24.4. The molecule has 1 aliphatic rings. The lowest BCUT2D eigenvalue weighted by Gasteiger charge is -2.25. The van der Waals surface area contributed by atoms with Crippen molar-refractivity contribution in [2.75, 3.05) is 0 Å². The molecule has 3 nitrogen and oxygen atoms in total. The number of carbonyl (C=O) groups excluding carboxylic acids is 1. The van der Waals surface area contributed by atoms with Crippen molar-refractivity contribution in [1.29, 1.82) is 0 Å². The Balaban J connectivity index is 2.03. The molecule has 0 amide bonds. The smallest absolute Gasteiger partial charge is 0.147 e. The first kappa shape index (κ1) is 13.3. The maximum absolute atomic E-state index is 11.2. The van der Waals surface area contributed by atoms with E-state index in [1.807, 2.05) is 30.3 Å². The highest BCUT2D eigenvalue weighted by molar-refractivity contribution is 6.30. The van der Waals surface area contributed by atoms with Gasteiger partial charge in [-0.1, -0.05) is 48.0 Å². The monoisotopic (exact) mass is 287 g/mol. The molecule has 0 radical (unpaired) electrons. The van der Waals surface area contributed by atoms with Crippen molar-refractivity contribution >= 4 is 17.9 Å². The average molecular weight is 288 g/mol. The fraction of sp³-hybridized carbons (Fsp3) is 0.188. The predicted molar refractivity (Wildman–Crippen MR) is 77.4 cm³/mol. The maximum atomic E-state index is 11.2. The van der Waals surface area contributed by atoms with Crippen molar-refractivity contribution in [2.24, 2.45) is 0 Å². The van der Waals surface area contributed by atoms with Crippen LogP contribution in [0, 0.1) is 0 Å². The number of aliphatic hydroxyl groups is 1. The van der Waals surface area contributed by atoms with Crippen molar-refractivity contribution in [3.63, 3.8) is 0 Å². The minimum absolute atomic E-state index is 0.380. The lowest BCUT2D eigenvalue weighted by atomic mass is 9.94. The van der Waals surface area contributed by atoms with Crippen LogP contribution >= 0.6 is 11.6 Å². The Bertz CT molecular complexity index is 644. The summed E-state index contributed by atoms with van der Waals surface area (Å²) in [7, 11) is 0. The van der Waals surface area contributed by atoms with Crippen LogP contribution in [0.5, 0.6) is 0 Å². The van der Waals surface area contributed by atoms with Crippen LogP contribution in [0.3, 0.4) is 0 Å². The van der Waals surface area contributed by atoms with Gasteiger partial charge in [0.2, 0.25) is 0 Å². The molecule has 2 N–H and O–H groups in total. The first-order chi connectivity index (χ1) is 9.62. The van der Waals surface area contributed by atoms with Crippen LogP contribution in [0.2, 0.25) is 5.02 Å². The molecule has 20 heavy (non-hydrogen) atoms. The third-order valence-corrected chi connectivity index (χ3v) is 3.86. The second-order valence-electron chi connectivity index (χ2n) is 5.01. The molecule has 1 heterocycles. The summed E-state index contributed by atoms with van der Waals surface area (Å²) in [5.74, 6) is 0. The minimum atomic E-state index is -1.27. The van der Waals surface area contributed by atoms with E-state index in [1.165, 1.54) is 0 Å². The molecule has 2 aromatic rings. The van der Waals surface area contributed by atoms with E-state index in [1.54, 1.807) is 18.2 Å². The van der Waals surface area contributed by atoms with E-state index < -0.39 is 11.8 Å². The molecular formula is C16H14ClNO2. The van der Waals surface area contributed by atoms with Gasteiger partial charge in [0.1, 0.15) is 12.0 Å². The van der Waals surface area contributed by atoms with Gasteiger partial charge in [0.15, 0.2) is 0 Å². The fourth-order valence-corrected chi connectivity index (χ4v) is 2.89. The van der Waals surface area contributed by atoms with Gasteiger partial charge in [0, 0.05) is 17.0 Å². The molecule has 0 saturated carbocycles. The molecule has 3 rings (SSSR count). The van der Waals surface area contributed by atoms with Gasteiger partial charge in [-0.15, -0.1) is 0 Å². The molecule has 0 fully saturated rings. The number of hydrogen-bond donors (Lipinski definition) is 2. The standard InChI is InChI=1S/C16H14ClNO2/c17-12-6-7-13-14(8-12)16(20,18-15(13)10-19)9-11-4-2-1-3-5-11/h1-8,10,15,18,20H,9H2. The second-order valence-corrected chi connectivity index (χ2v) is 5.45. The topological polar surface area (TPSA) is 49.3 Å². The SMILES string of the molecule is O=CC1NC(O)(Cc2ccccc2)c2cc(Cl)ccc21. The first-order valence-electron chi connectivity index (χ1n) is 6.41. The van der Waals surface area contributed by atoms with Gasteiger partial charge in [0.25, 0.3) is 0 Å². The highest BCUT2D eigenvalue weighted by Crippen LogP contribution is 2.38. The molecule has 0 aliphatic carbocycles. The Hall–Kier alpha value is -1.68. The zero-order valence-corrected chi connectivity index (χ0v) is 11.5. The van der Waals surface area contributed by atoms with Gasteiger partial charge in [-0.2, -0.15) is 0 Å². The van der Waals surface area contributed by atoms with E-state index in [-0.39, 0.29) is 0 Å². The number of carbonyl (C=O) groups is 1. The summed E-state index contributed by atoms with van der Waals surface area (Å²) < 4.78 is 0. The Morgan fingerprint density at radius 3 is 2.70 bits per heavy atom. The Labute approximate surface area is 122 Å². The third kappa shape index (κ3) is 2.24. The van der Waals surface area contributed by atoms with Gasteiger partial charge >= 0.3 is 0 Å². The Morgan fingerprint density at radius 1 is 1.25 bits per heavy atom. The predicted octanol–water partition coefficient (Wildman–Crippen LogP) is 2.57. The van der Waals surface area contributed by atoms with Crippen molar-refractivity contribution in [2.45, 2.75) is 18.2 Å². The van der Waals surface area contributed by atoms with E-state index in [0.29, 0.717) is 17.0 Å². The molecule has 0 spiro atoms. The van der Waals surface area contributed by atoms with Crippen molar-refractivity contribution in [3.05, 3.63) is 70.2 Å². The number of rotatable bonds is 3. The summed E-state index contributed by atoms with van der Waals surface area (Å²) in [5.41, 5.74) is 1.17. The molecule has 2 unspecified atom stereocenters. The van der Waals surface area contributed by atoms with E-state index in [2.05, 4.69) is 5.32 Å². The van der Waals surface area contributed by atoms with Crippen LogP contribution in [0.15, 0.2) is 48.5 Å². The van der Waals surface area contributed by atoms with Crippen molar-refractivity contribution in [3.8, 4) is 0 Å². The quantitative estimate of drug-likeness (QED) is 0.853. The third-order valence-electron chi connectivity index (χ3n) is 3.63. The summed E-state index contributed by atoms with van der Waals surface area (Å²) in [6.07, 6.45) is 1.18. The van der Waals surface area contributed by atoms with Crippen molar-refractivity contribution < 1.29 is 9.90 Å². The minimum Gasteiger partial charge on any atom is -0.371 e. The van der Waals surface area contributed by atoms with Gasteiger partial charge in [0.05, 0.1) is 6.04 Å². The lowest BCUT2D eigenvalue weighted by molar-refractivity contribution is -0.111. The largest absolute Gasteiger partial charge is 0.371 e. The average Bonchev–Trinajstić information content (AvgIpc) is 2.72. The zero-order chi connectivity index (χ0) is 14.2. The van der Waals surface area contributed by atoms with Crippen molar-refractivity contribution in [1.82, 2.24) is 5.32 Å². The number of aldehydes is 1. The summed E-state index contributed by atoms with van der Waals surface area (Å²) in [6.45, 7) is 0. The van der Waals surface area contributed by atoms with Gasteiger partial charge < -0.3 is 9.90 Å². The number of fused-ring (bicyclic) bond motifs is 1. The molecule has 1 aliphatic heterocycles. The number of nitrogens with one attached hydrogen (secondary N) is 1. The Morgan fingerprint density at radius 2 is 2.00 bits per heavy atom. The van der Waals surface area contributed by atoms with Gasteiger partial charge in [-0.3, -0.25) is 5.32 Å². The molecule has 0 aromatic heterocycles. The molecular weight excluding hydrogens is 274 g/mol. The highest BCUT2D eigenvalue weighted by Gasteiger charge is 2.41. The number of benzene rings is 2. The molecule has 2 atom stereocenters. The van der Waals surface area contributed by atoms with E-state index in [4.69, 9.17) is 11.6 Å². The molecule has 0 saturated heterocycles. The van der Waals surface area contributed by atoms with Crippen LogP contribution in [-0.2, 0) is 16.9 Å². The summed E-state index contributed by atoms with van der Waals surface area (Å²) in [4.78, 5) is 11.2. The summed E-state index contributed by atoms with van der Waals surface area (Å²) in [6, 6.07) is 14.4. The first-order valence-corrected chi connectivity index (χ1v) is 6.79. The molecule has 0 bridgehead atoms. The van der Waals surface area contributed by atoms with Crippen LogP contribution in [0.25, 0.3) is 0 Å². The van der Waals surface area contributed by atoms with Gasteiger partial charge in [-0.05, 0) is 23.3 Å². The van der Waals surface area contributed by atoms with E-state index in [0.717, 1.165) is 17.4 Å². The van der Waals surface area contributed by atoms with Crippen LogP contribution in [0.1, 0.15) is 22.7 Å². The number of hydrogen-bond acceptors (Lipinski definition) is 3. The summed E-state index contributed by atoms with van der Waals surface area (Å²) in [5, 5.41) is 14.4. The molecule has 102 valence electrons. The van der Waals surface area contributed by atoms with Gasteiger partial charge in [-0.25, -0.2) is 0 Å². The summed E-state index contributed by atoms with van der Waals surface area (Å²) >= 11 is 6.02. The zero-order valence-electron chi connectivity index (χ0n) is 10.7. The molecule has 4 heteroatoms. The lowest BCUT2D eigenvalue weighted by Crippen LogP contribution is -2.40. The Kier molecular flexibility index (Phi) is 3.34. The maximum Gasteiger partial charge on any atom is 0.147 e. The van der Waals surface area contributed by atoms with Crippen LogP contribution < -0.4 is 5.32 Å². The fourth-order valence-electron chi connectivity index (χ4n) is 2.72. The number of halogens is 1. The highest BCUT2D eigenvalue weighted by atomic mass is 35.5. The van der Waals surface area contributed by atoms with E-state index in [9.17, 15) is 9.90 Å². The van der Waals surface area contributed by atoms with E-state index >= 15 is 0 Å². The molecule has 2 aromatic carbocycles. The second kappa shape index (κ2) is 5.02. The van der Waals surface area contributed by atoms with Crippen LogP contribution in [-0.4, -0.2) is 11.4 Å². The van der Waals surface area contributed by atoms with Crippen LogP contribution in [0.4, 0.5) is 0 Å².